The predicted octanol–water partition coefficient (Wildman–Crippen LogP) is 1.84. The van der Waals surface area contributed by atoms with Gasteiger partial charge < -0.3 is 9.47 Å². The van der Waals surface area contributed by atoms with Crippen molar-refractivity contribution in [1.82, 2.24) is 0 Å². The van der Waals surface area contributed by atoms with Crippen molar-refractivity contribution in [1.29, 1.82) is 0 Å². The Kier molecular flexibility index (Phi) is 8.20. The summed E-state index contributed by atoms with van der Waals surface area (Å²) in [5.74, 6) is 2.60. The molecule has 0 spiro atoms. The second-order valence-electron chi connectivity index (χ2n) is 2.51. The predicted molar refractivity (Wildman–Crippen MR) is 50.0 cm³/mol. The molecule has 0 heterocycles. The third kappa shape index (κ3) is 6.21. The van der Waals surface area contributed by atoms with Crippen LogP contribution in [0.4, 0.5) is 0 Å². The Morgan fingerprint density at radius 1 is 1.33 bits per heavy atom. The first-order chi connectivity index (χ1) is 5.85. The summed E-state index contributed by atoms with van der Waals surface area (Å²) in [6.07, 6.45) is 7.22. The zero-order valence-corrected chi connectivity index (χ0v) is 8.01. The van der Waals surface area contributed by atoms with Crippen molar-refractivity contribution >= 4 is 0 Å². The van der Waals surface area contributed by atoms with Crippen LogP contribution < -0.4 is 0 Å². The molecule has 0 rings (SSSR count). The van der Waals surface area contributed by atoms with Gasteiger partial charge >= 0.3 is 0 Å². The molecule has 70 valence electrons. The molecule has 0 aromatic carbocycles. The van der Waals surface area contributed by atoms with Gasteiger partial charge in [0.2, 0.25) is 0 Å². The quantitative estimate of drug-likeness (QED) is 0.429. The highest BCUT2D eigenvalue weighted by Crippen LogP contribution is 1.99. The molecule has 0 aliphatic rings. The van der Waals surface area contributed by atoms with Crippen LogP contribution in [0.1, 0.15) is 26.7 Å². The van der Waals surface area contributed by atoms with Crippen molar-refractivity contribution in [3.8, 4) is 12.3 Å². The molecule has 0 aliphatic heterocycles. The van der Waals surface area contributed by atoms with Crippen molar-refractivity contribution < 1.29 is 9.47 Å². The largest absolute Gasteiger partial charge is 0.379 e. The smallest absolute Gasteiger partial charge is 0.118 e. The van der Waals surface area contributed by atoms with E-state index in [-0.39, 0.29) is 6.10 Å². The van der Waals surface area contributed by atoms with Gasteiger partial charge in [0.25, 0.3) is 0 Å². The van der Waals surface area contributed by atoms with Crippen LogP contribution >= 0.6 is 0 Å². The van der Waals surface area contributed by atoms with Crippen LogP contribution in [0.5, 0.6) is 0 Å². The normalized spacial score (nSPS) is 12.4. The van der Waals surface area contributed by atoms with Crippen molar-refractivity contribution in [3.05, 3.63) is 0 Å². The number of hydrogen-bond donors (Lipinski definition) is 0. The number of hydrogen-bond acceptors (Lipinski definition) is 2. The molecular weight excluding hydrogens is 152 g/mol. The molecule has 0 aromatic rings. The van der Waals surface area contributed by atoms with Gasteiger partial charge in [0.1, 0.15) is 6.10 Å². The lowest BCUT2D eigenvalue weighted by atomic mass is 10.2. The Hall–Kier alpha value is -0.520. The summed E-state index contributed by atoms with van der Waals surface area (Å²) in [6, 6.07) is 0. The van der Waals surface area contributed by atoms with Crippen LogP contribution in [0.3, 0.4) is 0 Å². The third-order valence-electron chi connectivity index (χ3n) is 1.49. The van der Waals surface area contributed by atoms with Gasteiger partial charge in [0, 0.05) is 6.61 Å². The maximum atomic E-state index is 5.37. The van der Waals surface area contributed by atoms with Crippen LogP contribution in [0.15, 0.2) is 0 Å². The van der Waals surface area contributed by atoms with Gasteiger partial charge in [-0.2, -0.15) is 0 Å². The number of terminal acetylenes is 1. The standard InChI is InChI=1S/C10H18O2/c1-4-7-10(5-2)12-9-8-11-6-3/h2,10H,4,6-9H2,1,3H3. The molecule has 0 radical (unpaired) electrons. The first kappa shape index (κ1) is 11.5. The molecule has 0 saturated heterocycles. The molecule has 2 nitrogen and oxygen atoms in total. The zero-order valence-electron chi connectivity index (χ0n) is 8.01. The lowest BCUT2D eigenvalue weighted by Crippen LogP contribution is -2.14. The number of ether oxygens (including phenoxy) is 2. The summed E-state index contributed by atoms with van der Waals surface area (Å²) < 4.78 is 10.5. The van der Waals surface area contributed by atoms with E-state index < -0.39 is 0 Å². The second-order valence-corrected chi connectivity index (χ2v) is 2.51. The summed E-state index contributed by atoms with van der Waals surface area (Å²) in [4.78, 5) is 0. The van der Waals surface area contributed by atoms with Crippen LogP contribution in [0.2, 0.25) is 0 Å². The highest BCUT2D eigenvalue weighted by atomic mass is 16.5. The minimum Gasteiger partial charge on any atom is -0.379 e. The molecule has 1 atom stereocenters. The minimum absolute atomic E-state index is 0.0320. The average Bonchev–Trinajstić information content (AvgIpc) is 2.10. The van der Waals surface area contributed by atoms with E-state index in [1.165, 1.54) is 0 Å². The lowest BCUT2D eigenvalue weighted by molar-refractivity contribution is 0.0274. The van der Waals surface area contributed by atoms with Crippen LogP contribution in [-0.4, -0.2) is 25.9 Å². The summed E-state index contributed by atoms with van der Waals surface area (Å²) in [5.41, 5.74) is 0. The molecule has 12 heavy (non-hydrogen) atoms. The fourth-order valence-corrected chi connectivity index (χ4v) is 0.871. The Balaban J connectivity index is 3.27. The molecule has 0 fully saturated rings. The molecular formula is C10H18O2. The van der Waals surface area contributed by atoms with E-state index in [0.717, 1.165) is 19.4 Å². The summed E-state index contributed by atoms with van der Waals surface area (Å²) in [5, 5.41) is 0. The summed E-state index contributed by atoms with van der Waals surface area (Å²) in [6.45, 7) is 6.03. The van der Waals surface area contributed by atoms with Crippen molar-refractivity contribution in [2.24, 2.45) is 0 Å². The van der Waals surface area contributed by atoms with E-state index in [2.05, 4.69) is 12.8 Å². The van der Waals surface area contributed by atoms with E-state index >= 15 is 0 Å². The molecule has 0 bridgehead atoms. The number of rotatable bonds is 7. The molecule has 0 saturated carbocycles. The van der Waals surface area contributed by atoms with Crippen LogP contribution in [-0.2, 0) is 9.47 Å². The lowest BCUT2D eigenvalue weighted by Gasteiger charge is -2.10. The van der Waals surface area contributed by atoms with Gasteiger partial charge in [0.05, 0.1) is 13.2 Å². The van der Waals surface area contributed by atoms with Crippen molar-refractivity contribution in [3.63, 3.8) is 0 Å². The molecule has 0 aromatic heterocycles. The maximum Gasteiger partial charge on any atom is 0.118 e. The Bertz CT molecular complexity index is 126. The Labute approximate surface area is 75.3 Å². The molecule has 0 amide bonds. The summed E-state index contributed by atoms with van der Waals surface area (Å²) in [7, 11) is 0. The van der Waals surface area contributed by atoms with Crippen molar-refractivity contribution in [2.45, 2.75) is 32.8 Å². The van der Waals surface area contributed by atoms with Crippen LogP contribution in [0, 0.1) is 12.3 Å². The minimum atomic E-state index is -0.0320. The van der Waals surface area contributed by atoms with E-state index in [1.54, 1.807) is 0 Å². The Morgan fingerprint density at radius 3 is 2.58 bits per heavy atom. The molecule has 2 heteroatoms. The monoisotopic (exact) mass is 170 g/mol. The zero-order chi connectivity index (χ0) is 9.23. The maximum absolute atomic E-state index is 5.37. The van der Waals surface area contributed by atoms with Crippen molar-refractivity contribution in [2.75, 3.05) is 19.8 Å². The van der Waals surface area contributed by atoms with E-state index in [1.807, 2.05) is 6.92 Å². The topological polar surface area (TPSA) is 18.5 Å². The average molecular weight is 170 g/mol. The summed E-state index contributed by atoms with van der Waals surface area (Å²) >= 11 is 0. The third-order valence-corrected chi connectivity index (χ3v) is 1.49. The molecule has 0 N–H and O–H groups in total. The molecule has 0 aliphatic carbocycles. The highest BCUT2D eigenvalue weighted by Gasteiger charge is 2.01. The van der Waals surface area contributed by atoms with E-state index in [4.69, 9.17) is 15.9 Å². The van der Waals surface area contributed by atoms with E-state index in [0.29, 0.717) is 13.2 Å². The fraction of sp³-hybridized carbons (Fsp3) is 0.800. The Morgan fingerprint density at radius 2 is 2.08 bits per heavy atom. The molecule has 1 unspecified atom stereocenters. The van der Waals surface area contributed by atoms with Gasteiger partial charge in [-0.15, -0.1) is 6.42 Å². The van der Waals surface area contributed by atoms with Gasteiger partial charge in [-0.1, -0.05) is 19.3 Å². The van der Waals surface area contributed by atoms with Crippen LogP contribution in [0.25, 0.3) is 0 Å². The van der Waals surface area contributed by atoms with E-state index in [9.17, 15) is 0 Å². The van der Waals surface area contributed by atoms with Gasteiger partial charge in [0.15, 0.2) is 0 Å². The first-order valence-corrected chi connectivity index (χ1v) is 4.50. The highest BCUT2D eigenvalue weighted by molar-refractivity contribution is 4.94. The second kappa shape index (κ2) is 8.58. The van der Waals surface area contributed by atoms with Gasteiger partial charge in [-0.05, 0) is 13.3 Å². The fourth-order valence-electron chi connectivity index (χ4n) is 0.871. The van der Waals surface area contributed by atoms with Gasteiger partial charge in [-0.25, -0.2) is 0 Å². The first-order valence-electron chi connectivity index (χ1n) is 4.50. The SMILES string of the molecule is C#CC(CCC)OCCOCC. The van der Waals surface area contributed by atoms with Gasteiger partial charge in [-0.3, -0.25) is 0 Å².